The lowest BCUT2D eigenvalue weighted by Gasteiger charge is -2.16. The van der Waals surface area contributed by atoms with E-state index in [1.807, 2.05) is 44.2 Å². The molecule has 1 unspecified atom stereocenters. The van der Waals surface area contributed by atoms with Crippen LogP contribution in [0.3, 0.4) is 0 Å². The number of nitrogens with one attached hydrogen (secondary N) is 1. The molecule has 0 aliphatic carbocycles. The van der Waals surface area contributed by atoms with Crippen molar-refractivity contribution in [1.82, 2.24) is 5.32 Å². The van der Waals surface area contributed by atoms with Crippen LogP contribution in [0.1, 0.15) is 36.6 Å². The Hall–Kier alpha value is -2.00. The number of hydrogen-bond donors (Lipinski definition) is 2. The van der Waals surface area contributed by atoms with Crippen molar-refractivity contribution < 1.29 is 9.84 Å². The molecule has 0 spiro atoms. The maximum absolute atomic E-state index is 9.96. The molecule has 0 heterocycles. The molecule has 3 heteroatoms. The fourth-order valence-electron chi connectivity index (χ4n) is 2.31. The zero-order chi connectivity index (χ0) is 15.2. The fourth-order valence-corrected chi connectivity index (χ4v) is 2.31. The standard InChI is InChI=1S/C18H23NO2/c1-4-21-16-7-5-6-15(11-16)12-19-14(3)17-10-13(2)8-9-18(17)20/h5-11,14,19-20H,4,12H2,1-3H3. The van der Waals surface area contributed by atoms with Crippen molar-refractivity contribution in [2.75, 3.05) is 6.61 Å². The summed E-state index contributed by atoms with van der Waals surface area (Å²) >= 11 is 0. The Kier molecular flexibility index (Phi) is 5.23. The molecule has 0 amide bonds. The van der Waals surface area contributed by atoms with Gasteiger partial charge in [-0.2, -0.15) is 0 Å². The van der Waals surface area contributed by atoms with Gasteiger partial charge in [0, 0.05) is 18.2 Å². The van der Waals surface area contributed by atoms with Crippen LogP contribution in [0.4, 0.5) is 0 Å². The number of phenolic OH excluding ortho intramolecular Hbond substituents is 1. The van der Waals surface area contributed by atoms with Crippen molar-refractivity contribution in [3.8, 4) is 11.5 Å². The minimum absolute atomic E-state index is 0.0839. The highest BCUT2D eigenvalue weighted by Gasteiger charge is 2.10. The highest BCUT2D eigenvalue weighted by molar-refractivity contribution is 5.38. The van der Waals surface area contributed by atoms with E-state index in [-0.39, 0.29) is 6.04 Å². The van der Waals surface area contributed by atoms with Gasteiger partial charge in [-0.15, -0.1) is 0 Å². The number of aromatic hydroxyl groups is 1. The number of rotatable bonds is 6. The van der Waals surface area contributed by atoms with Crippen LogP contribution in [0.5, 0.6) is 11.5 Å². The summed E-state index contributed by atoms with van der Waals surface area (Å²) in [6.45, 7) is 7.47. The normalized spacial score (nSPS) is 12.1. The Morgan fingerprint density at radius 3 is 2.76 bits per heavy atom. The maximum Gasteiger partial charge on any atom is 0.120 e. The Labute approximate surface area is 126 Å². The number of hydrogen-bond acceptors (Lipinski definition) is 3. The van der Waals surface area contributed by atoms with Crippen molar-refractivity contribution in [2.45, 2.75) is 33.4 Å². The second-order valence-electron chi connectivity index (χ2n) is 5.25. The van der Waals surface area contributed by atoms with E-state index < -0.39 is 0 Å². The SMILES string of the molecule is CCOc1cccc(CNC(C)c2cc(C)ccc2O)c1. The van der Waals surface area contributed by atoms with E-state index in [1.165, 1.54) is 5.56 Å². The number of aryl methyl sites for hydroxylation is 1. The molecule has 2 aromatic rings. The quantitative estimate of drug-likeness (QED) is 0.844. The predicted octanol–water partition coefficient (Wildman–Crippen LogP) is 3.95. The Morgan fingerprint density at radius 1 is 1.19 bits per heavy atom. The number of benzene rings is 2. The minimum atomic E-state index is 0.0839. The summed E-state index contributed by atoms with van der Waals surface area (Å²) in [6.07, 6.45) is 0. The third-order valence-electron chi connectivity index (χ3n) is 3.47. The molecular weight excluding hydrogens is 262 g/mol. The van der Waals surface area contributed by atoms with Crippen LogP contribution in [-0.2, 0) is 6.54 Å². The molecule has 0 saturated carbocycles. The van der Waals surface area contributed by atoms with Gasteiger partial charge in [0.1, 0.15) is 11.5 Å². The van der Waals surface area contributed by atoms with E-state index in [4.69, 9.17) is 4.74 Å². The molecule has 21 heavy (non-hydrogen) atoms. The zero-order valence-corrected chi connectivity index (χ0v) is 12.9. The summed E-state index contributed by atoms with van der Waals surface area (Å²) < 4.78 is 5.51. The fraction of sp³-hybridized carbons (Fsp3) is 0.333. The van der Waals surface area contributed by atoms with Crippen molar-refractivity contribution in [1.29, 1.82) is 0 Å². The van der Waals surface area contributed by atoms with E-state index in [2.05, 4.69) is 18.3 Å². The molecule has 0 radical (unpaired) electrons. The van der Waals surface area contributed by atoms with Crippen molar-refractivity contribution >= 4 is 0 Å². The molecule has 2 aromatic carbocycles. The first-order valence-electron chi connectivity index (χ1n) is 7.34. The molecule has 112 valence electrons. The smallest absolute Gasteiger partial charge is 0.120 e. The van der Waals surface area contributed by atoms with Crippen LogP contribution in [0.2, 0.25) is 0 Å². The van der Waals surface area contributed by atoms with E-state index in [0.717, 1.165) is 23.4 Å². The van der Waals surface area contributed by atoms with Crippen molar-refractivity contribution in [2.24, 2.45) is 0 Å². The minimum Gasteiger partial charge on any atom is -0.508 e. The Balaban J connectivity index is 2.02. The van der Waals surface area contributed by atoms with Crippen molar-refractivity contribution in [3.63, 3.8) is 0 Å². The van der Waals surface area contributed by atoms with Crippen LogP contribution in [0.25, 0.3) is 0 Å². The predicted molar refractivity (Wildman–Crippen MR) is 85.7 cm³/mol. The Morgan fingerprint density at radius 2 is 2.00 bits per heavy atom. The summed E-state index contributed by atoms with van der Waals surface area (Å²) in [5.74, 6) is 1.23. The molecule has 0 bridgehead atoms. The number of ether oxygens (including phenoxy) is 1. The molecule has 2 N–H and O–H groups in total. The molecule has 1 atom stereocenters. The van der Waals surface area contributed by atoms with Gasteiger partial charge in [-0.05, 0) is 44.5 Å². The van der Waals surface area contributed by atoms with Crippen molar-refractivity contribution in [3.05, 3.63) is 59.2 Å². The average Bonchev–Trinajstić information content (AvgIpc) is 2.48. The second kappa shape index (κ2) is 7.14. The lowest BCUT2D eigenvalue weighted by Crippen LogP contribution is -2.18. The molecular formula is C18H23NO2. The van der Waals surface area contributed by atoms with E-state index in [1.54, 1.807) is 6.07 Å². The Bertz CT molecular complexity index is 596. The third kappa shape index (κ3) is 4.23. The van der Waals surface area contributed by atoms with Gasteiger partial charge in [-0.1, -0.05) is 29.8 Å². The molecule has 0 fully saturated rings. The van der Waals surface area contributed by atoms with Gasteiger partial charge in [-0.3, -0.25) is 0 Å². The second-order valence-corrected chi connectivity index (χ2v) is 5.25. The van der Waals surface area contributed by atoms with Gasteiger partial charge in [-0.25, -0.2) is 0 Å². The van der Waals surface area contributed by atoms with E-state index in [9.17, 15) is 5.11 Å². The van der Waals surface area contributed by atoms with Crippen LogP contribution >= 0.6 is 0 Å². The van der Waals surface area contributed by atoms with E-state index >= 15 is 0 Å². The first-order chi connectivity index (χ1) is 10.1. The van der Waals surface area contributed by atoms with Crippen LogP contribution in [-0.4, -0.2) is 11.7 Å². The summed E-state index contributed by atoms with van der Waals surface area (Å²) in [4.78, 5) is 0. The summed E-state index contributed by atoms with van der Waals surface area (Å²) in [7, 11) is 0. The lowest BCUT2D eigenvalue weighted by atomic mass is 10.0. The largest absolute Gasteiger partial charge is 0.508 e. The summed E-state index contributed by atoms with van der Waals surface area (Å²) in [5.41, 5.74) is 3.24. The lowest BCUT2D eigenvalue weighted by molar-refractivity contribution is 0.339. The van der Waals surface area contributed by atoms with Gasteiger partial charge in [0.15, 0.2) is 0 Å². The molecule has 3 nitrogen and oxygen atoms in total. The maximum atomic E-state index is 9.96. The van der Waals surface area contributed by atoms with Crippen LogP contribution in [0, 0.1) is 6.92 Å². The molecule has 2 rings (SSSR count). The summed E-state index contributed by atoms with van der Waals surface area (Å²) in [5, 5.41) is 13.4. The van der Waals surface area contributed by atoms with Gasteiger partial charge in [0.05, 0.1) is 6.61 Å². The monoisotopic (exact) mass is 285 g/mol. The molecule has 0 aliphatic rings. The first-order valence-corrected chi connectivity index (χ1v) is 7.34. The number of phenols is 1. The summed E-state index contributed by atoms with van der Waals surface area (Å²) in [6, 6.07) is 13.8. The topological polar surface area (TPSA) is 41.5 Å². The third-order valence-corrected chi connectivity index (χ3v) is 3.47. The highest BCUT2D eigenvalue weighted by atomic mass is 16.5. The molecule has 0 saturated heterocycles. The zero-order valence-electron chi connectivity index (χ0n) is 12.9. The van der Waals surface area contributed by atoms with Gasteiger partial charge >= 0.3 is 0 Å². The molecule has 0 aromatic heterocycles. The van der Waals surface area contributed by atoms with Gasteiger partial charge in [0.25, 0.3) is 0 Å². The molecule has 0 aliphatic heterocycles. The average molecular weight is 285 g/mol. The van der Waals surface area contributed by atoms with Crippen LogP contribution < -0.4 is 10.1 Å². The first kappa shape index (κ1) is 15.4. The van der Waals surface area contributed by atoms with E-state index in [0.29, 0.717) is 12.4 Å². The highest BCUT2D eigenvalue weighted by Crippen LogP contribution is 2.25. The van der Waals surface area contributed by atoms with Crippen LogP contribution in [0.15, 0.2) is 42.5 Å². The van der Waals surface area contributed by atoms with Gasteiger partial charge in [0.2, 0.25) is 0 Å². The van der Waals surface area contributed by atoms with Gasteiger partial charge < -0.3 is 15.2 Å².